The van der Waals surface area contributed by atoms with E-state index in [1.807, 2.05) is 0 Å². The second kappa shape index (κ2) is 8.88. The zero-order chi connectivity index (χ0) is 24.7. The van der Waals surface area contributed by atoms with Gasteiger partial charge in [0, 0.05) is 23.5 Å². The summed E-state index contributed by atoms with van der Waals surface area (Å²) in [6.45, 7) is 0.213. The molecular formula is C23H21F3N2O5S. The van der Waals surface area contributed by atoms with E-state index in [1.54, 1.807) is 18.2 Å². The van der Waals surface area contributed by atoms with Crippen molar-refractivity contribution in [3.05, 3.63) is 75.6 Å². The number of esters is 1. The van der Waals surface area contributed by atoms with Gasteiger partial charge in [-0.05, 0) is 54.7 Å². The molecule has 2 heterocycles. The molecule has 0 unspecified atom stereocenters. The number of nitrogens with one attached hydrogen (secondary N) is 1. The number of hydrogen-bond acceptors (Lipinski definition) is 5. The minimum atomic E-state index is -4.68. The molecule has 0 aliphatic carbocycles. The average Bonchev–Trinajstić information content (AvgIpc) is 3.29. The van der Waals surface area contributed by atoms with Crippen molar-refractivity contribution >= 4 is 26.9 Å². The fraction of sp³-hybridized carbons (Fsp3) is 0.304. The number of fused-ring (bicyclic) bond motifs is 1. The predicted octanol–water partition coefficient (Wildman–Crippen LogP) is 3.46. The van der Waals surface area contributed by atoms with Gasteiger partial charge in [0.2, 0.25) is 15.6 Å². The molecule has 3 aromatic rings. The first-order chi connectivity index (χ1) is 16.0. The van der Waals surface area contributed by atoms with Gasteiger partial charge in [-0.25, -0.2) is 8.42 Å². The van der Waals surface area contributed by atoms with Crippen LogP contribution in [0.5, 0.6) is 0 Å². The van der Waals surface area contributed by atoms with E-state index >= 15 is 0 Å². The Balaban J connectivity index is 1.60. The van der Waals surface area contributed by atoms with Crippen molar-refractivity contribution < 1.29 is 31.1 Å². The average molecular weight is 494 g/mol. The molecule has 1 aliphatic heterocycles. The summed E-state index contributed by atoms with van der Waals surface area (Å²) < 4.78 is 72.1. The van der Waals surface area contributed by atoms with Gasteiger partial charge in [0.05, 0.1) is 17.6 Å². The van der Waals surface area contributed by atoms with E-state index in [2.05, 4.69) is 4.98 Å². The third kappa shape index (κ3) is 4.58. The maximum atomic E-state index is 13.4. The van der Waals surface area contributed by atoms with Crippen LogP contribution in [0, 0.1) is 0 Å². The lowest BCUT2D eigenvalue weighted by Gasteiger charge is -2.22. The number of carbonyl (C=O) groups excluding carboxylic acids is 1. The van der Waals surface area contributed by atoms with E-state index < -0.39 is 39.3 Å². The van der Waals surface area contributed by atoms with E-state index in [0.29, 0.717) is 30.0 Å². The monoisotopic (exact) mass is 494 g/mol. The molecule has 0 spiro atoms. The molecule has 1 aromatic heterocycles. The molecular weight excluding hydrogens is 473 g/mol. The molecule has 0 bridgehead atoms. The minimum absolute atomic E-state index is 0.0162. The standard InChI is InChI=1S/C23H21F3N2O5S/c1-33-22(30)20-3-2-10-28(20)34(31,32)16-7-4-14(5-8-16)11-15-6-9-19-17(12-15)18(23(24,25)26)13-21(29)27-19/h4-9,12-13,20H,2-3,10-11H2,1H3,(H,27,29)/t20-/m0/s1. The lowest BCUT2D eigenvalue weighted by atomic mass is 10.0. The van der Waals surface area contributed by atoms with E-state index in [4.69, 9.17) is 4.74 Å². The summed E-state index contributed by atoms with van der Waals surface area (Å²) in [7, 11) is -2.70. The second-order valence-corrected chi connectivity index (χ2v) is 9.93. The first-order valence-corrected chi connectivity index (χ1v) is 11.9. The highest BCUT2D eigenvalue weighted by Crippen LogP contribution is 2.34. The largest absolute Gasteiger partial charge is 0.468 e. The first kappa shape index (κ1) is 24.0. The number of rotatable bonds is 5. The molecule has 2 aromatic carbocycles. The first-order valence-electron chi connectivity index (χ1n) is 10.4. The van der Waals surface area contributed by atoms with Crippen LogP contribution in [0.1, 0.15) is 29.5 Å². The molecule has 0 radical (unpaired) electrons. The lowest BCUT2D eigenvalue weighted by Crippen LogP contribution is -2.41. The maximum Gasteiger partial charge on any atom is 0.417 e. The second-order valence-electron chi connectivity index (χ2n) is 8.04. The molecule has 1 fully saturated rings. The summed E-state index contributed by atoms with van der Waals surface area (Å²) >= 11 is 0. The maximum absolute atomic E-state index is 13.4. The smallest absolute Gasteiger partial charge is 0.417 e. The van der Waals surface area contributed by atoms with Crippen molar-refractivity contribution in [2.45, 2.75) is 36.4 Å². The number of benzene rings is 2. The van der Waals surface area contributed by atoms with Crippen LogP contribution in [0.3, 0.4) is 0 Å². The Kier molecular flexibility index (Phi) is 6.26. The normalized spacial score (nSPS) is 17.2. The third-order valence-electron chi connectivity index (χ3n) is 5.83. The van der Waals surface area contributed by atoms with Crippen LogP contribution in [0.2, 0.25) is 0 Å². The number of pyridine rings is 1. The van der Waals surface area contributed by atoms with Gasteiger partial charge in [0.1, 0.15) is 6.04 Å². The van der Waals surface area contributed by atoms with Gasteiger partial charge in [0.15, 0.2) is 0 Å². The Morgan fingerprint density at radius 3 is 2.44 bits per heavy atom. The number of aromatic amines is 1. The van der Waals surface area contributed by atoms with E-state index in [0.717, 1.165) is 4.31 Å². The van der Waals surface area contributed by atoms with Crippen LogP contribution < -0.4 is 5.56 Å². The number of carbonyl (C=O) groups is 1. The molecule has 0 amide bonds. The predicted molar refractivity (Wildman–Crippen MR) is 118 cm³/mol. The number of sulfonamides is 1. The van der Waals surface area contributed by atoms with E-state index in [9.17, 15) is 31.2 Å². The molecule has 180 valence electrons. The molecule has 4 rings (SSSR count). The summed E-state index contributed by atoms with van der Waals surface area (Å²) in [6.07, 6.45) is -3.50. The summed E-state index contributed by atoms with van der Waals surface area (Å²) in [5.74, 6) is -0.603. The third-order valence-corrected chi connectivity index (χ3v) is 7.75. The quantitative estimate of drug-likeness (QED) is 0.548. The van der Waals surface area contributed by atoms with Crippen molar-refractivity contribution in [1.29, 1.82) is 0 Å². The van der Waals surface area contributed by atoms with Crippen molar-refractivity contribution in [3.63, 3.8) is 0 Å². The SMILES string of the molecule is COC(=O)[C@@H]1CCCN1S(=O)(=O)c1ccc(Cc2ccc3[nH]c(=O)cc(C(F)(F)F)c3c2)cc1. The number of hydrogen-bond donors (Lipinski definition) is 1. The van der Waals surface area contributed by atoms with Crippen molar-refractivity contribution in [2.75, 3.05) is 13.7 Å². The minimum Gasteiger partial charge on any atom is -0.468 e. The van der Waals surface area contributed by atoms with Gasteiger partial charge in [-0.1, -0.05) is 18.2 Å². The van der Waals surface area contributed by atoms with Gasteiger partial charge in [-0.15, -0.1) is 0 Å². The Labute approximate surface area is 193 Å². The topological polar surface area (TPSA) is 96.5 Å². The Morgan fingerprint density at radius 2 is 1.79 bits per heavy atom. The highest BCUT2D eigenvalue weighted by molar-refractivity contribution is 7.89. The van der Waals surface area contributed by atoms with Gasteiger partial charge in [0.25, 0.3) is 0 Å². The molecule has 1 atom stereocenters. The van der Waals surface area contributed by atoms with Crippen LogP contribution in [0.25, 0.3) is 10.9 Å². The lowest BCUT2D eigenvalue weighted by molar-refractivity contribution is -0.144. The number of halogens is 3. The number of nitrogens with zero attached hydrogens (tertiary/aromatic N) is 1. The zero-order valence-corrected chi connectivity index (χ0v) is 18.9. The number of alkyl halides is 3. The van der Waals surface area contributed by atoms with Crippen molar-refractivity contribution in [2.24, 2.45) is 0 Å². The van der Waals surface area contributed by atoms with Gasteiger partial charge in [-0.2, -0.15) is 17.5 Å². The number of H-pyrrole nitrogens is 1. The molecule has 11 heteroatoms. The summed E-state index contributed by atoms with van der Waals surface area (Å²) in [6, 6.07) is 10.1. The fourth-order valence-corrected chi connectivity index (χ4v) is 5.84. The Hall–Kier alpha value is -3.18. The van der Waals surface area contributed by atoms with Crippen molar-refractivity contribution in [1.82, 2.24) is 9.29 Å². The molecule has 1 aliphatic rings. The zero-order valence-electron chi connectivity index (χ0n) is 18.1. The number of aromatic nitrogens is 1. The highest BCUT2D eigenvalue weighted by atomic mass is 32.2. The Morgan fingerprint density at radius 1 is 1.12 bits per heavy atom. The molecule has 1 N–H and O–H groups in total. The van der Waals surface area contributed by atoms with Crippen LogP contribution in [-0.2, 0) is 32.2 Å². The molecule has 34 heavy (non-hydrogen) atoms. The van der Waals surface area contributed by atoms with Crippen LogP contribution >= 0.6 is 0 Å². The number of ether oxygens (including phenoxy) is 1. The van der Waals surface area contributed by atoms with Gasteiger partial charge >= 0.3 is 12.1 Å². The van der Waals surface area contributed by atoms with Crippen LogP contribution in [0.15, 0.2) is 58.2 Å². The highest BCUT2D eigenvalue weighted by Gasteiger charge is 2.40. The molecule has 0 saturated carbocycles. The van der Waals surface area contributed by atoms with E-state index in [-0.39, 0.29) is 28.8 Å². The van der Waals surface area contributed by atoms with Gasteiger partial charge in [-0.3, -0.25) is 9.59 Å². The van der Waals surface area contributed by atoms with Crippen LogP contribution in [0.4, 0.5) is 13.2 Å². The Bertz CT molecular complexity index is 1400. The molecule has 7 nitrogen and oxygen atoms in total. The van der Waals surface area contributed by atoms with Gasteiger partial charge < -0.3 is 9.72 Å². The van der Waals surface area contributed by atoms with E-state index in [1.165, 1.54) is 31.4 Å². The van der Waals surface area contributed by atoms with Crippen LogP contribution in [-0.4, -0.2) is 43.4 Å². The molecule has 1 saturated heterocycles. The summed E-state index contributed by atoms with van der Waals surface area (Å²) in [5.41, 5.74) is -0.527. The number of methoxy groups -OCH3 is 1. The van der Waals surface area contributed by atoms with Crippen molar-refractivity contribution in [3.8, 4) is 0 Å². The fourth-order valence-electron chi connectivity index (χ4n) is 4.20. The summed E-state index contributed by atoms with van der Waals surface area (Å²) in [5, 5.41) is -0.119. The summed E-state index contributed by atoms with van der Waals surface area (Å²) in [4.78, 5) is 25.9.